The quantitative estimate of drug-likeness (QED) is 0.184. The van der Waals surface area contributed by atoms with E-state index in [-0.39, 0.29) is 0 Å². The van der Waals surface area contributed by atoms with E-state index in [1.807, 2.05) is 0 Å². The van der Waals surface area contributed by atoms with Crippen LogP contribution < -0.4 is 0 Å². The minimum Gasteiger partial charge on any atom is -0.292 e. The standard InChI is InChI=1S/C46H27N3/c1-3-12-28(13-4-1)32-25-27-39-43-41(32)36-22-10-18-30-17-9-20-34(40(30)36)35-21-11-23-38(42(35)43)49(39)46-44(31-15-5-2-6-16-31)47-37-26-24-29-14-7-8-19-33(29)45(37)48-46/h1-27H. The van der Waals surface area contributed by atoms with E-state index >= 15 is 0 Å². The normalized spacial score (nSPS) is 12.1. The molecule has 0 aliphatic heterocycles. The minimum atomic E-state index is 0.831. The van der Waals surface area contributed by atoms with Crippen LogP contribution in [0.15, 0.2) is 164 Å². The van der Waals surface area contributed by atoms with Crippen LogP contribution in [0.1, 0.15) is 0 Å². The van der Waals surface area contributed by atoms with Crippen LogP contribution in [-0.4, -0.2) is 14.5 Å². The molecule has 0 bridgehead atoms. The monoisotopic (exact) mass is 621 g/mol. The lowest BCUT2D eigenvalue weighted by atomic mass is 9.89. The Morgan fingerprint density at radius 2 is 1.04 bits per heavy atom. The molecule has 0 saturated carbocycles. The maximum Gasteiger partial charge on any atom is 0.165 e. The van der Waals surface area contributed by atoms with Gasteiger partial charge in [-0.05, 0) is 62.2 Å². The number of hydrogen-bond acceptors (Lipinski definition) is 2. The van der Waals surface area contributed by atoms with Crippen molar-refractivity contribution >= 4 is 54.4 Å². The molecule has 0 fully saturated rings. The second-order valence-electron chi connectivity index (χ2n) is 12.9. The van der Waals surface area contributed by atoms with Gasteiger partial charge in [0.05, 0.1) is 22.1 Å². The first kappa shape index (κ1) is 26.5. The van der Waals surface area contributed by atoms with Gasteiger partial charge in [-0.15, -0.1) is 0 Å². The summed E-state index contributed by atoms with van der Waals surface area (Å²) in [4.78, 5) is 11.0. The summed E-state index contributed by atoms with van der Waals surface area (Å²) in [5.74, 6) is 0.831. The Bertz CT molecular complexity index is 2970. The molecule has 1 aliphatic rings. The van der Waals surface area contributed by atoms with Crippen LogP contribution in [0.25, 0.3) is 105 Å². The average Bonchev–Trinajstić information content (AvgIpc) is 3.45. The largest absolute Gasteiger partial charge is 0.292 e. The van der Waals surface area contributed by atoms with E-state index in [4.69, 9.17) is 9.97 Å². The fourth-order valence-corrected chi connectivity index (χ4v) is 8.24. The molecule has 0 saturated heterocycles. The molecule has 49 heavy (non-hydrogen) atoms. The molecule has 3 nitrogen and oxygen atoms in total. The summed E-state index contributed by atoms with van der Waals surface area (Å²) < 4.78 is 2.37. The van der Waals surface area contributed by atoms with E-state index < -0.39 is 0 Å². The summed E-state index contributed by atoms with van der Waals surface area (Å²) in [7, 11) is 0. The average molecular weight is 622 g/mol. The fraction of sp³-hybridized carbons (Fsp3) is 0. The highest BCUT2D eigenvalue weighted by Crippen LogP contribution is 2.52. The van der Waals surface area contributed by atoms with Crippen molar-refractivity contribution in [1.29, 1.82) is 0 Å². The van der Waals surface area contributed by atoms with Gasteiger partial charge in [0.2, 0.25) is 0 Å². The maximum atomic E-state index is 5.59. The first-order chi connectivity index (χ1) is 24.3. The zero-order chi connectivity index (χ0) is 32.1. The predicted molar refractivity (Wildman–Crippen MR) is 204 cm³/mol. The number of aromatic nitrogens is 3. The Labute approximate surface area is 282 Å². The van der Waals surface area contributed by atoms with Crippen molar-refractivity contribution in [3.63, 3.8) is 0 Å². The molecule has 2 heterocycles. The lowest BCUT2D eigenvalue weighted by Crippen LogP contribution is -2.04. The van der Waals surface area contributed by atoms with Crippen LogP contribution in [0.3, 0.4) is 0 Å². The first-order valence-corrected chi connectivity index (χ1v) is 16.8. The molecule has 0 N–H and O–H groups in total. The van der Waals surface area contributed by atoms with Crippen molar-refractivity contribution in [3.05, 3.63) is 164 Å². The molecule has 0 atom stereocenters. The topological polar surface area (TPSA) is 30.7 Å². The Morgan fingerprint density at radius 3 is 1.86 bits per heavy atom. The van der Waals surface area contributed by atoms with Crippen molar-refractivity contribution in [2.45, 2.75) is 0 Å². The van der Waals surface area contributed by atoms with Crippen LogP contribution in [0.2, 0.25) is 0 Å². The van der Waals surface area contributed by atoms with Gasteiger partial charge in [0.1, 0.15) is 5.69 Å². The highest BCUT2D eigenvalue weighted by molar-refractivity contribution is 6.29. The molecule has 1 aliphatic carbocycles. The molecular weight excluding hydrogens is 595 g/mol. The minimum absolute atomic E-state index is 0.831. The Balaban J connectivity index is 1.37. The van der Waals surface area contributed by atoms with Gasteiger partial charge in [-0.1, -0.05) is 146 Å². The molecule has 11 rings (SSSR count). The third-order valence-corrected chi connectivity index (χ3v) is 10.3. The molecule has 0 radical (unpaired) electrons. The molecular formula is C46H27N3. The molecule has 3 heteroatoms. The molecule has 0 amide bonds. The van der Waals surface area contributed by atoms with Gasteiger partial charge in [0, 0.05) is 27.3 Å². The van der Waals surface area contributed by atoms with Crippen LogP contribution in [0.5, 0.6) is 0 Å². The second kappa shape index (κ2) is 9.96. The van der Waals surface area contributed by atoms with E-state index in [0.717, 1.165) is 49.9 Å². The molecule has 226 valence electrons. The zero-order valence-electron chi connectivity index (χ0n) is 26.4. The van der Waals surface area contributed by atoms with Gasteiger partial charge in [0.15, 0.2) is 5.82 Å². The van der Waals surface area contributed by atoms with Crippen molar-refractivity contribution in [3.8, 4) is 50.5 Å². The third kappa shape index (κ3) is 3.67. The number of fused-ring (bicyclic) bond motifs is 5. The van der Waals surface area contributed by atoms with Crippen LogP contribution in [-0.2, 0) is 0 Å². The van der Waals surface area contributed by atoms with Gasteiger partial charge in [-0.2, -0.15) is 0 Å². The molecule has 0 unspecified atom stereocenters. The van der Waals surface area contributed by atoms with Gasteiger partial charge >= 0.3 is 0 Å². The van der Waals surface area contributed by atoms with Crippen LogP contribution in [0, 0.1) is 0 Å². The van der Waals surface area contributed by atoms with Crippen LogP contribution in [0.4, 0.5) is 0 Å². The van der Waals surface area contributed by atoms with Crippen LogP contribution >= 0.6 is 0 Å². The molecule has 0 spiro atoms. The summed E-state index contributed by atoms with van der Waals surface area (Å²) in [6.07, 6.45) is 0. The lowest BCUT2D eigenvalue weighted by Gasteiger charge is -2.17. The molecule has 8 aromatic carbocycles. The van der Waals surface area contributed by atoms with E-state index in [2.05, 4.69) is 168 Å². The smallest absolute Gasteiger partial charge is 0.165 e. The summed E-state index contributed by atoms with van der Waals surface area (Å²) in [5.41, 5.74) is 13.4. The van der Waals surface area contributed by atoms with Gasteiger partial charge in [-0.3, -0.25) is 4.57 Å². The van der Waals surface area contributed by atoms with Gasteiger partial charge in [-0.25, -0.2) is 9.97 Å². The maximum absolute atomic E-state index is 5.59. The Kier molecular flexibility index (Phi) is 5.38. The summed E-state index contributed by atoms with van der Waals surface area (Å²) in [6, 6.07) is 58.8. The lowest BCUT2D eigenvalue weighted by molar-refractivity contribution is 1.08. The number of hydrogen-bond donors (Lipinski definition) is 0. The number of nitrogens with zero attached hydrogens (tertiary/aromatic N) is 3. The van der Waals surface area contributed by atoms with E-state index in [0.29, 0.717) is 0 Å². The van der Waals surface area contributed by atoms with E-state index in [1.165, 1.54) is 54.9 Å². The van der Waals surface area contributed by atoms with E-state index in [9.17, 15) is 0 Å². The fourth-order valence-electron chi connectivity index (χ4n) is 8.24. The zero-order valence-corrected chi connectivity index (χ0v) is 26.4. The van der Waals surface area contributed by atoms with E-state index in [1.54, 1.807) is 0 Å². The SMILES string of the molecule is c1ccc(-c2ccc3c4c2-c2cccc5cccc(c25)-c2cccc(c24)n3-c2nc3c(ccc4ccccc43)nc2-c2ccccc2)cc1. The molecule has 10 aromatic rings. The van der Waals surface area contributed by atoms with Crippen molar-refractivity contribution < 1.29 is 0 Å². The highest BCUT2D eigenvalue weighted by atomic mass is 15.1. The third-order valence-electron chi connectivity index (χ3n) is 10.3. The van der Waals surface area contributed by atoms with Crippen molar-refractivity contribution in [2.24, 2.45) is 0 Å². The molecule has 2 aromatic heterocycles. The summed E-state index contributed by atoms with van der Waals surface area (Å²) in [5, 5.41) is 7.29. The van der Waals surface area contributed by atoms with Crippen molar-refractivity contribution in [2.75, 3.05) is 0 Å². The van der Waals surface area contributed by atoms with Crippen molar-refractivity contribution in [1.82, 2.24) is 14.5 Å². The number of rotatable bonds is 3. The Hall–Kier alpha value is -6.58. The highest BCUT2D eigenvalue weighted by Gasteiger charge is 2.28. The number of benzene rings is 8. The summed E-state index contributed by atoms with van der Waals surface area (Å²) in [6.45, 7) is 0. The Morgan fingerprint density at radius 1 is 0.388 bits per heavy atom. The first-order valence-electron chi connectivity index (χ1n) is 16.8. The predicted octanol–water partition coefficient (Wildman–Crippen LogP) is 12.0. The van der Waals surface area contributed by atoms with Gasteiger partial charge in [0.25, 0.3) is 0 Å². The second-order valence-corrected chi connectivity index (χ2v) is 12.9. The van der Waals surface area contributed by atoms with Gasteiger partial charge < -0.3 is 0 Å². The summed E-state index contributed by atoms with van der Waals surface area (Å²) >= 11 is 0.